The first-order valence-electron chi connectivity index (χ1n) is 5.05. The lowest BCUT2D eigenvalue weighted by molar-refractivity contribution is 0.223. The van der Waals surface area contributed by atoms with Gasteiger partial charge in [-0.15, -0.1) is 0 Å². The number of unbranched alkanes of at least 4 members (excludes halogenated alkanes) is 1. The number of allylic oxidation sites excluding steroid dienone is 3. The maximum absolute atomic E-state index is 9.78. The third-order valence-electron chi connectivity index (χ3n) is 1.89. The van der Waals surface area contributed by atoms with Crippen molar-refractivity contribution in [3.63, 3.8) is 0 Å². The fourth-order valence-corrected chi connectivity index (χ4v) is 1.07. The molecule has 0 saturated carbocycles. The predicted octanol–water partition coefficient (Wildman–Crippen LogP) is 3.31. The first kappa shape index (κ1) is 13.6. The molecule has 0 amide bonds. The van der Waals surface area contributed by atoms with Gasteiger partial charge in [0, 0.05) is 0 Å². The molecule has 0 atom stereocenters. The first-order valence-corrected chi connectivity index (χ1v) is 5.05. The monoisotopic (exact) mass is 212 g/mol. The summed E-state index contributed by atoms with van der Waals surface area (Å²) in [5.41, 5.74) is 0. The molecule has 3 heteroatoms. The molecular formula is C12H20O3. The maximum atomic E-state index is 9.78. The van der Waals surface area contributed by atoms with E-state index in [9.17, 15) is 5.11 Å². The number of methoxy groups -OCH3 is 2. The summed E-state index contributed by atoms with van der Waals surface area (Å²) < 4.78 is 10.1. The molecule has 0 aromatic heterocycles. The van der Waals surface area contributed by atoms with Crippen LogP contribution in [0.5, 0.6) is 0 Å². The minimum absolute atomic E-state index is 0.0230. The van der Waals surface area contributed by atoms with Crippen molar-refractivity contribution in [1.82, 2.24) is 0 Å². The van der Waals surface area contributed by atoms with Gasteiger partial charge in [0.2, 0.25) is 0 Å². The van der Waals surface area contributed by atoms with Gasteiger partial charge in [-0.3, -0.25) is 0 Å². The second kappa shape index (κ2) is 7.97. The predicted molar refractivity (Wildman–Crippen MR) is 61.5 cm³/mol. The fraction of sp³-hybridized carbons (Fsp3) is 0.500. The SMILES string of the molecule is C\C=C(OC)/C(O)=C(\C=C\CCC)OC. The number of hydrogen-bond acceptors (Lipinski definition) is 3. The van der Waals surface area contributed by atoms with E-state index in [1.54, 1.807) is 19.1 Å². The van der Waals surface area contributed by atoms with Crippen molar-refractivity contribution in [2.24, 2.45) is 0 Å². The van der Waals surface area contributed by atoms with E-state index in [2.05, 4.69) is 6.92 Å². The number of hydrogen-bond donors (Lipinski definition) is 1. The van der Waals surface area contributed by atoms with Crippen LogP contribution in [0.4, 0.5) is 0 Å². The van der Waals surface area contributed by atoms with Crippen LogP contribution >= 0.6 is 0 Å². The zero-order chi connectivity index (χ0) is 11.7. The lowest BCUT2D eigenvalue weighted by atomic mass is 10.2. The molecule has 0 bridgehead atoms. The Morgan fingerprint density at radius 1 is 1.27 bits per heavy atom. The van der Waals surface area contributed by atoms with Gasteiger partial charge in [0.15, 0.2) is 17.3 Å². The summed E-state index contributed by atoms with van der Waals surface area (Å²) in [6, 6.07) is 0. The molecule has 0 aromatic rings. The van der Waals surface area contributed by atoms with Crippen molar-refractivity contribution < 1.29 is 14.6 Å². The standard InChI is InChI=1S/C12H20O3/c1-5-7-8-9-11(15-4)12(13)10(6-2)14-3/h6,8-9,13H,5,7H2,1-4H3/b9-8+,10-6+,12-11-. The highest BCUT2D eigenvalue weighted by Gasteiger charge is 2.08. The lowest BCUT2D eigenvalue weighted by Crippen LogP contribution is -1.97. The molecule has 0 aromatic carbocycles. The summed E-state index contributed by atoms with van der Waals surface area (Å²) in [5.74, 6) is 0.848. The van der Waals surface area contributed by atoms with E-state index in [1.807, 2.05) is 6.08 Å². The van der Waals surface area contributed by atoms with Crippen molar-refractivity contribution in [3.8, 4) is 0 Å². The van der Waals surface area contributed by atoms with Crippen molar-refractivity contribution in [2.75, 3.05) is 14.2 Å². The largest absolute Gasteiger partial charge is 0.502 e. The van der Waals surface area contributed by atoms with Crippen LogP contribution in [0.2, 0.25) is 0 Å². The van der Waals surface area contributed by atoms with E-state index >= 15 is 0 Å². The van der Waals surface area contributed by atoms with Crippen LogP contribution in [0.25, 0.3) is 0 Å². The Morgan fingerprint density at radius 2 is 1.93 bits per heavy atom. The molecule has 0 heterocycles. The maximum Gasteiger partial charge on any atom is 0.200 e. The quantitative estimate of drug-likeness (QED) is 0.542. The van der Waals surface area contributed by atoms with Crippen LogP contribution in [-0.4, -0.2) is 19.3 Å². The molecule has 0 aliphatic heterocycles. The molecule has 0 fully saturated rings. The Balaban J connectivity index is 4.81. The van der Waals surface area contributed by atoms with E-state index in [0.717, 1.165) is 12.8 Å². The summed E-state index contributed by atoms with van der Waals surface area (Å²) in [4.78, 5) is 0. The van der Waals surface area contributed by atoms with Gasteiger partial charge in [0.25, 0.3) is 0 Å². The van der Waals surface area contributed by atoms with Crippen molar-refractivity contribution in [3.05, 3.63) is 35.5 Å². The lowest BCUT2D eigenvalue weighted by Gasteiger charge is -2.08. The molecule has 15 heavy (non-hydrogen) atoms. The molecule has 0 aliphatic rings. The molecule has 0 unspecified atom stereocenters. The van der Waals surface area contributed by atoms with E-state index in [-0.39, 0.29) is 5.76 Å². The van der Waals surface area contributed by atoms with E-state index in [0.29, 0.717) is 11.5 Å². The van der Waals surface area contributed by atoms with Crippen LogP contribution in [0, 0.1) is 0 Å². The van der Waals surface area contributed by atoms with Gasteiger partial charge in [-0.1, -0.05) is 19.4 Å². The molecule has 86 valence electrons. The molecular weight excluding hydrogens is 192 g/mol. The number of aliphatic hydroxyl groups excluding tert-OH is 1. The topological polar surface area (TPSA) is 38.7 Å². The average Bonchev–Trinajstić information content (AvgIpc) is 2.26. The minimum Gasteiger partial charge on any atom is -0.502 e. The first-order chi connectivity index (χ1) is 7.21. The summed E-state index contributed by atoms with van der Waals surface area (Å²) in [6.45, 7) is 3.88. The van der Waals surface area contributed by atoms with Gasteiger partial charge in [-0.25, -0.2) is 0 Å². The average molecular weight is 212 g/mol. The van der Waals surface area contributed by atoms with Crippen LogP contribution < -0.4 is 0 Å². The van der Waals surface area contributed by atoms with Gasteiger partial charge < -0.3 is 14.6 Å². The second-order valence-corrected chi connectivity index (χ2v) is 2.97. The molecule has 0 aliphatic carbocycles. The fourth-order valence-electron chi connectivity index (χ4n) is 1.07. The third-order valence-corrected chi connectivity index (χ3v) is 1.89. The molecule has 0 radical (unpaired) electrons. The Labute approximate surface area is 91.7 Å². The molecule has 3 nitrogen and oxygen atoms in total. The Bertz CT molecular complexity index is 262. The minimum atomic E-state index is 0.0230. The highest BCUT2D eigenvalue weighted by molar-refractivity contribution is 5.28. The van der Waals surface area contributed by atoms with Gasteiger partial charge >= 0.3 is 0 Å². The third kappa shape index (κ3) is 4.58. The van der Waals surface area contributed by atoms with Gasteiger partial charge in [-0.05, 0) is 25.5 Å². The zero-order valence-electron chi connectivity index (χ0n) is 9.91. The van der Waals surface area contributed by atoms with Crippen LogP contribution in [0.1, 0.15) is 26.7 Å². The van der Waals surface area contributed by atoms with Crippen LogP contribution in [0.15, 0.2) is 35.5 Å². The van der Waals surface area contributed by atoms with Crippen LogP contribution in [0.3, 0.4) is 0 Å². The normalized spacial score (nSPS) is 14.0. The summed E-state index contributed by atoms with van der Waals surface area (Å²) in [7, 11) is 3.03. The van der Waals surface area contributed by atoms with E-state index in [4.69, 9.17) is 9.47 Å². The van der Waals surface area contributed by atoms with Crippen molar-refractivity contribution in [1.29, 1.82) is 0 Å². The molecule has 1 N–H and O–H groups in total. The van der Waals surface area contributed by atoms with Gasteiger partial charge in [0.05, 0.1) is 14.2 Å². The highest BCUT2D eigenvalue weighted by Crippen LogP contribution is 2.14. The molecule has 0 rings (SSSR count). The summed E-state index contributed by atoms with van der Waals surface area (Å²) >= 11 is 0. The second-order valence-electron chi connectivity index (χ2n) is 2.97. The van der Waals surface area contributed by atoms with Gasteiger partial charge in [-0.2, -0.15) is 0 Å². The smallest absolute Gasteiger partial charge is 0.200 e. The Kier molecular flexibility index (Phi) is 7.24. The van der Waals surface area contributed by atoms with Crippen LogP contribution in [-0.2, 0) is 9.47 Å². The number of rotatable bonds is 6. The van der Waals surface area contributed by atoms with Crippen molar-refractivity contribution in [2.45, 2.75) is 26.7 Å². The highest BCUT2D eigenvalue weighted by atomic mass is 16.5. The summed E-state index contributed by atoms with van der Waals surface area (Å²) in [5, 5.41) is 9.78. The molecule has 0 saturated heterocycles. The van der Waals surface area contributed by atoms with Gasteiger partial charge in [0.1, 0.15) is 0 Å². The number of ether oxygens (including phenoxy) is 2. The Hall–Kier alpha value is -1.38. The zero-order valence-corrected chi connectivity index (χ0v) is 9.91. The Morgan fingerprint density at radius 3 is 2.33 bits per heavy atom. The van der Waals surface area contributed by atoms with Crippen molar-refractivity contribution >= 4 is 0 Å². The number of aliphatic hydroxyl groups is 1. The van der Waals surface area contributed by atoms with E-state index in [1.165, 1.54) is 14.2 Å². The summed E-state index contributed by atoms with van der Waals surface area (Å²) in [6.07, 6.45) is 7.41. The van der Waals surface area contributed by atoms with E-state index < -0.39 is 0 Å². The molecule has 0 spiro atoms.